The molecule has 0 aromatic heterocycles. The fourth-order valence-corrected chi connectivity index (χ4v) is 4.57. The summed E-state index contributed by atoms with van der Waals surface area (Å²) < 4.78 is 0. The van der Waals surface area contributed by atoms with E-state index in [9.17, 15) is 4.79 Å². The van der Waals surface area contributed by atoms with Gasteiger partial charge in [0, 0.05) is 25.2 Å². The van der Waals surface area contributed by atoms with E-state index in [2.05, 4.69) is 29.3 Å². The molecule has 2 fully saturated rings. The van der Waals surface area contributed by atoms with E-state index in [4.69, 9.17) is 0 Å². The summed E-state index contributed by atoms with van der Waals surface area (Å²) >= 11 is 0. The average molecular weight is 298 g/mol. The van der Waals surface area contributed by atoms with Crippen molar-refractivity contribution in [1.82, 2.24) is 10.2 Å². The van der Waals surface area contributed by atoms with Crippen LogP contribution in [0.4, 0.5) is 0 Å². The molecule has 0 radical (unpaired) electrons. The molecule has 118 valence electrons. The molecule has 1 aliphatic carbocycles. The molecule has 22 heavy (non-hydrogen) atoms. The minimum Gasteiger partial charge on any atom is -0.329 e. The molecule has 1 amide bonds. The molecule has 1 N–H and O–H groups in total. The Morgan fingerprint density at radius 1 is 1.18 bits per heavy atom. The zero-order chi connectivity index (χ0) is 15.1. The first kappa shape index (κ1) is 14.3. The van der Waals surface area contributed by atoms with E-state index >= 15 is 0 Å². The van der Waals surface area contributed by atoms with Gasteiger partial charge in [0.15, 0.2) is 0 Å². The summed E-state index contributed by atoms with van der Waals surface area (Å²) in [6.45, 7) is 4.91. The van der Waals surface area contributed by atoms with Crippen LogP contribution in [0.1, 0.15) is 78.0 Å². The molecule has 1 saturated carbocycles. The maximum absolute atomic E-state index is 13.0. The van der Waals surface area contributed by atoms with Crippen molar-refractivity contribution in [1.29, 1.82) is 0 Å². The lowest BCUT2D eigenvalue weighted by Gasteiger charge is -2.30. The van der Waals surface area contributed by atoms with Crippen LogP contribution in [0.15, 0.2) is 12.1 Å². The van der Waals surface area contributed by atoms with Crippen LogP contribution < -0.4 is 5.32 Å². The molecular formula is C19H26N2O. The van der Waals surface area contributed by atoms with Crippen LogP contribution in [0.25, 0.3) is 0 Å². The Kier molecular flexibility index (Phi) is 3.69. The predicted octanol–water partition coefficient (Wildman–Crippen LogP) is 3.40. The van der Waals surface area contributed by atoms with Crippen molar-refractivity contribution < 1.29 is 4.79 Å². The van der Waals surface area contributed by atoms with Crippen molar-refractivity contribution in [2.75, 3.05) is 19.6 Å². The summed E-state index contributed by atoms with van der Waals surface area (Å²) in [5, 5.41) is 3.46. The van der Waals surface area contributed by atoms with Crippen LogP contribution in [-0.4, -0.2) is 30.4 Å². The van der Waals surface area contributed by atoms with Crippen molar-refractivity contribution in [2.45, 2.75) is 57.4 Å². The number of amides is 1. The van der Waals surface area contributed by atoms with Gasteiger partial charge in [0.1, 0.15) is 0 Å². The van der Waals surface area contributed by atoms with Gasteiger partial charge in [-0.2, -0.15) is 0 Å². The zero-order valence-corrected chi connectivity index (χ0v) is 13.5. The Labute approximate surface area is 133 Å². The number of aryl methyl sites for hydroxylation is 1. The Balaban J connectivity index is 1.82. The first-order valence-electron chi connectivity index (χ1n) is 8.98. The zero-order valence-electron chi connectivity index (χ0n) is 13.5. The van der Waals surface area contributed by atoms with Crippen LogP contribution in [0.5, 0.6) is 0 Å². The van der Waals surface area contributed by atoms with Crippen molar-refractivity contribution in [3.8, 4) is 0 Å². The number of hydrogen-bond donors (Lipinski definition) is 1. The van der Waals surface area contributed by atoms with E-state index < -0.39 is 0 Å². The second-order valence-electron chi connectivity index (χ2n) is 7.06. The Hall–Kier alpha value is -1.35. The van der Waals surface area contributed by atoms with Crippen molar-refractivity contribution in [3.05, 3.63) is 34.4 Å². The number of nitrogens with zero attached hydrogens (tertiary/aromatic N) is 1. The first-order chi connectivity index (χ1) is 10.8. The molecule has 3 nitrogen and oxygen atoms in total. The molecular weight excluding hydrogens is 272 g/mol. The van der Waals surface area contributed by atoms with Crippen LogP contribution in [-0.2, 0) is 6.42 Å². The highest BCUT2D eigenvalue weighted by molar-refractivity contribution is 6.01. The molecule has 0 spiro atoms. The third-order valence-electron chi connectivity index (χ3n) is 5.79. The molecule has 0 unspecified atom stereocenters. The summed E-state index contributed by atoms with van der Waals surface area (Å²) in [7, 11) is 0. The van der Waals surface area contributed by atoms with E-state index in [1.54, 1.807) is 0 Å². The highest BCUT2D eigenvalue weighted by Crippen LogP contribution is 2.42. The van der Waals surface area contributed by atoms with Gasteiger partial charge in [-0.25, -0.2) is 0 Å². The number of hydrogen-bond acceptors (Lipinski definition) is 2. The molecule has 1 aromatic rings. The highest BCUT2D eigenvalue weighted by Gasteiger charge is 2.40. The molecule has 2 heterocycles. The number of benzene rings is 1. The second-order valence-corrected chi connectivity index (χ2v) is 7.06. The summed E-state index contributed by atoms with van der Waals surface area (Å²) in [6.07, 6.45) is 7.57. The van der Waals surface area contributed by atoms with E-state index in [1.807, 2.05) is 0 Å². The van der Waals surface area contributed by atoms with Gasteiger partial charge in [-0.15, -0.1) is 0 Å². The monoisotopic (exact) mass is 298 g/mol. The minimum atomic E-state index is 0.269. The average Bonchev–Trinajstić information content (AvgIpc) is 2.88. The van der Waals surface area contributed by atoms with Crippen LogP contribution >= 0.6 is 0 Å². The van der Waals surface area contributed by atoms with Crippen LogP contribution in [0, 0.1) is 0 Å². The van der Waals surface area contributed by atoms with Gasteiger partial charge in [0.05, 0.1) is 6.04 Å². The van der Waals surface area contributed by atoms with E-state index in [0.29, 0.717) is 11.8 Å². The maximum Gasteiger partial charge on any atom is 0.255 e. The number of fused-ring (bicyclic) bond motifs is 3. The molecule has 3 aliphatic rings. The molecule has 4 rings (SSSR count). The van der Waals surface area contributed by atoms with Gasteiger partial charge >= 0.3 is 0 Å². The van der Waals surface area contributed by atoms with Crippen LogP contribution in [0.3, 0.4) is 0 Å². The summed E-state index contributed by atoms with van der Waals surface area (Å²) in [4.78, 5) is 15.1. The lowest BCUT2D eigenvalue weighted by Crippen LogP contribution is -2.44. The van der Waals surface area contributed by atoms with Crippen LogP contribution in [0.2, 0.25) is 0 Å². The van der Waals surface area contributed by atoms with Gasteiger partial charge in [-0.1, -0.05) is 38.3 Å². The Bertz CT molecular complexity index is 589. The molecule has 1 saturated heterocycles. The summed E-state index contributed by atoms with van der Waals surface area (Å²) in [5.41, 5.74) is 5.14. The molecule has 3 heteroatoms. The smallest absolute Gasteiger partial charge is 0.255 e. The SMILES string of the molecule is CCc1cc(C2CCCCC2)c2c(c1)[C@H]1CNCCN1C2=O. The molecule has 1 atom stereocenters. The number of nitrogens with one attached hydrogen (secondary N) is 1. The molecule has 1 aromatic carbocycles. The fourth-order valence-electron chi connectivity index (χ4n) is 4.57. The van der Waals surface area contributed by atoms with Crippen molar-refractivity contribution in [2.24, 2.45) is 0 Å². The van der Waals surface area contributed by atoms with Crippen molar-refractivity contribution >= 4 is 5.91 Å². The second kappa shape index (κ2) is 5.69. The third-order valence-corrected chi connectivity index (χ3v) is 5.79. The van der Waals surface area contributed by atoms with E-state index in [1.165, 1.54) is 48.8 Å². The van der Waals surface area contributed by atoms with Gasteiger partial charge < -0.3 is 10.2 Å². The molecule has 0 bridgehead atoms. The Morgan fingerprint density at radius 2 is 1.95 bits per heavy atom. The highest BCUT2D eigenvalue weighted by atomic mass is 16.2. The minimum absolute atomic E-state index is 0.269. The van der Waals surface area contributed by atoms with E-state index in [0.717, 1.165) is 31.6 Å². The van der Waals surface area contributed by atoms with Gasteiger partial charge in [-0.3, -0.25) is 4.79 Å². The van der Waals surface area contributed by atoms with Crippen molar-refractivity contribution in [3.63, 3.8) is 0 Å². The fraction of sp³-hybridized carbons (Fsp3) is 0.632. The summed E-state index contributed by atoms with van der Waals surface area (Å²) in [5.74, 6) is 0.900. The largest absolute Gasteiger partial charge is 0.329 e. The Morgan fingerprint density at radius 3 is 2.73 bits per heavy atom. The number of rotatable bonds is 2. The number of carbonyl (C=O) groups is 1. The van der Waals surface area contributed by atoms with Gasteiger partial charge in [-0.05, 0) is 41.9 Å². The quantitative estimate of drug-likeness (QED) is 0.907. The third kappa shape index (κ3) is 2.18. The summed E-state index contributed by atoms with van der Waals surface area (Å²) in [6, 6.07) is 4.92. The normalized spacial score (nSPS) is 25.2. The van der Waals surface area contributed by atoms with E-state index in [-0.39, 0.29) is 6.04 Å². The number of carbonyl (C=O) groups excluding carboxylic acids is 1. The molecule has 2 aliphatic heterocycles. The lowest BCUT2D eigenvalue weighted by molar-refractivity contribution is 0.0689. The maximum atomic E-state index is 13.0. The standard InChI is InChI=1S/C19H26N2O/c1-2-13-10-15(14-6-4-3-5-7-14)18-16(11-13)17-12-20-8-9-21(17)19(18)22/h10-11,14,17,20H,2-9,12H2,1H3/t17-/m1/s1. The predicted molar refractivity (Wildman–Crippen MR) is 88.3 cm³/mol. The van der Waals surface area contributed by atoms with Gasteiger partial charge in [0.25, 0.3) is 5.91 Å². The lowest BCUT2D eigenvalue weighted by atomic mass is 9.80. The first-order valence-corrected chi connectivity index (χ1v) is 8.98. The number of piperazine rings is 1. The van der Waals surface area contributed by atoms with Gasteiger partial charge in [0.2, 0.25) is 0 Å². The topological polar surface area (TPSA) is 32.3 Å².